The van der Waals surface area contributed by atoms with Crippen LogP contribution in [-0.4, -0.2) is 33.8 Å². The number of para-hydroxylation sites is 1. The molecule has 0 spiro atoms. The minimum atomic E-state index is -4.00. The van der Waals surface area contributed by atoms with Crippen LogP contribution in [0.4, 0.5) is 0 Å². The second kappa shape index (κ2) is 10.4. The van der Waals surface area contributed by atoms with Crippen LogP contribution in [0.2, 0.25) is 0 Å². The minimum Gasteiger partial charge on any atom is -0.506 e. The molecular formula is C19H25N2O7P. The van der Waals surface area contributed by atoms with Crippen LogP contribution in [0.1, 0.15) is 30.7 Å². The summed E-state index contributed by atoms with van der Waals surface area (Å²) in [4.78, 5) is 15.8. The first-order valence-electron chi connectivity index (χ1n) is 8.95. The molecule has 2 rings (SSSR count). The van der Waals surface area contributed by atoms with Gasteiger partial charge in [0.1, 0.15) is 18.0 Å². The van der Waals surface area contributed by atoms with Gasteiger partial charge in [-0.05, 0) is 32.9 Å². The lowest BCUT2D eigenvalue weighted by Gasteiger charge is -2.21. The lowest BCUT2D eigenvalue weighted by atomic mass is 10.1. The van der Waals surface area contributed by atoms with Gasteiger partial charge in [-0.2, -0.15) is 0 Å². The first kappa shape index (κ1) is 22.8. The van der Waals surface area contributed by atoms with Crippen molar-refractivity contribution < 1.29 is 33.4 Å². The molecule has 2 aromatic rings. The molecule has 1 atom stereocenters. The average Bonchev–Trinajstić information content (AvgIpc) is 2.68. The number of hydrogen-bond acceptors (Lipinski definition) is 8. The standard InChI is InChI=1S/C19H25N2O7P/c1-13(2)27-18(23)10-21-29(25,28-16-7-5-4-6-8-16)26-12-15-9-20-14(3)19(24)17(15)11-22/h4-9,13,22,24H,10-12H2,1-3H3,(H,21,25). The Kier molecular flexibility index (Phi) is 8.16. The van der Waals surface area contributed by atoms with Crippen LogP contribution in [0.3, 0.4) is 0 Å². The highest BCUT2D eigenvalue weighted by Crippen LogP contribution is 2.45. The van der Waals surface area contributed by atoms with Gasteiger partial charge in [-0.15, -0.1) is 0 Å². The van der Waals surface area contributed by atoms with E-state index in [0.29, 0.717) is 11.3 Å². The van der Waals surface area contributed by atoms with Gasteiger partial charge in [-0.1, -0.05) is 18.2 Å². The summed E-state index contributed by atoms with van der Waals surface area (Å²) in [6.45, 7) is 3.85. The fraction of sp³-hybridized carbons (Fsp3) is 0.368. The average molecular weight is 424 g/mol. The molecule has 1 unspecified atom stereocenters. The summed E-state index contributed by atoms with van der Waals surface area (Å²) < 4.78 is 29.1. The topological polar surface area (TPSA) is 127 Å². The number of esters is 1. The number of aromatic hydroxyl groups is 1. The van der Waals surface area contributed by atoms with Crippen molar-refractivity contribution in [3.63, 3.8) is 0 Å². The van der Waals surface area contributed by atoms with Crippen molar-refractivity contribution in [2.24, 2.45) is 0 Å². The van der Waals surface area contributed by atoms with E-state index in [4.69, 9.17) is 13.8 Å². The first-order chi connectivity index (χ1) is 13.7. The molecule has 3 N–H and O–H groups in total. The SMILES string of the molecule is Cc1ncc(COP(=O)(NCC(=O)OC(C)C)Oc2ccccc2)c(CO)c1O. The highest BCUT2D eigenvalue weighted by molar-refractivity contribution is 7.52. The highest BCUT2D eigenvalue weighted by Gasteiger charge is 2.29. The molecule has 158 valence electrons. The maximum absolute atomic E-state index is 13.2. The number of aliphatic hydroxyl groups is 1. The van der Waals surface area contributed by atoms with E-state index in [0.717, 1.165) is 0 Å². The van der Waals surface area contributed by atoms with Gasteiger partial charge in [0.25, 0.3) is 0 Å². The maximum Gasteiger partial charge on any atom is 0.459 e. The monoisotopic (exact) mass is 424 g/mol. The number of benzene rings is 1. The van der Waals surface area contributed by atoms with Crippen LogP contribution in [-0.2, 0) is 31.8 Å². The molecule has 9 nitrogen and oxygen atoms in total. The number of aliphatic hydroxyl groups excluding tert-OH is 1. The van der Waals surface area contributed by atoms with Crippen molar-refractivity contribution in [3.05, 3.63) is 53.3 Å². The molecule has 0 saturated carbocycles. The molecule has 0 aliphatic heterocycles. The fourth-order valence-electron chi connectivity index (χ4n) is 2.33. The van der Waals surface area contributed by atoms with Crippen LogP contribution in [0.25, 0.3) is 0 Å². The summed E-state index contributed by atoms with van der Waals surface area (Å²) in [5.41, 5.74) is 0.887. The van der Waals surface area contributed by atoms with Crippen molar-refractivity contribution in [3.8, 4) is 11.5 Å². The van der Waals surface area contributed by atoms with E-state index in [1.54, 1.807) is 51.1 Å². The number of nitrogens with zero attached hydrogens (tertiary/aromatic N) is 1. The van der Waals surface area contributed by atoms with Gasteiger partial charge in [0.2, 0.25) is 0 Å². The Bertz CT molecular complexity index is 874. The van der Waals surface area contributed by atoms with Gasteiger partial charge in [0.15, 0.2) is 0 Å². The van der Waals surface area contributed by atoms with Crippen molar-refractivity contribution >= 4 is 13.7 Å². The van der Waals surface area contributed by atoms with Crippen molar-refractivity contribution in [1.29, 1.82) is 0 Å². The molecule has 1 aromatic carbocycles. The lowest BCUT2D eigenvalue weighted by molar-refractivity contribution is -0.145. The predicted octanol–water partition coefficient (Wildman–Crippen LogP) is 2.83. The van der Waals surface area contributed by atoms with E-state index in [-0.39, 0.29) is 29.8 Å². The summed E-state index contributed by atoms with van der Waals surface area (Å²) in [5.74, 6) is -0.514. The van der Waals surface area contributed by atoms with E-state index in [2.05, 4.69) is 10.1 Å². The van der Waals surface area contributed by atoms with Crippen molar-refractivity contribution in [2.75, 3.05) is 6.54 Å². The Labute approximate surface area is 169 Å². The quantitative estimate of drug-likeness (QED) is 0.390. The molecule has 0 saturated heterocycles. The maximum atomic E-state index is 13.2. The Balaban J connectivity index is 2.18. The summed E-state index contributed by atoms with van der Waals surface area (Å²) in [6, 6.07) is 8.32. The normalized spacial score (nSPS) is 13.1. The van der Waals surface area contributed by atoms with E-state index in [9.17, 15) is 19.6 Å². The molecule has 0 fully saturated rings. The third kappa shape index (κ3) is 6.83. The Morgan fingerprint density at radius 2 is 1.97 bits per heavy atom. The fourth-order valence-corrected chi connectivity index (χ4v) is 3.57. The molecule has 1 aromatic heterocycles. The zero-order valence-corrected chi connectivity index (χ0v) is 17.4. The number of aromatic nitrogens is 1. The zero-order valence-electron chi connectivity index (χ0n) is 16.5. The lowest BCUT2D eigenvalue weighted by Crippen LogP contribution is -2.27. The van der Waals surface area contributed by atoms with Crippen LogP contribution >= 0.6 is 7.75 Å². The van der Waals surface area contributed by atoms with Gasteiger partial charge in [-0.25, -0.2) is 9.65 Å². The summed E-state index contributed by atoms with van der Waals surface area (Å²) in [6.07, 6.45) is 1.08. The molecule has 0 radical (unpaired) electrons. The number of hydrogen-bond donors (Lipinski definition) is 3. The molecular weight excluding hydrogens is 399 g/mol. The van der Waals surface area contributed by atoms with Crippen molar-refractivity contribution in [2.45, 2.75) is 40.1 Å². The number of carbonyl (C=O) groups excluding carboxylic acids is 1. The zero-order chi connectivity index (χ0) is 21.4. The molecule has 0 aliphatic carbocycles. The molecule has 0 aliphatic rings. The highest BCUT2D eigenvalue weighted by atomic mass is 31.2. The second-order valence-corrected chi connectivity index (χ2v) is 8.15. The number of ether oxygens (including phenoxy) is 1. The number of nitrogens with one attached hydrogen (secondary N) is 1. The number of rotatable bonds is 10. The molecule has 0 bridgehead atoms. The summed E-state index contributed by atoms with van der Waals surface area (Å²) >= 11 is 0. The van der Waals surface area contributed by atoms with Gasteiger partial charge in [-0.3, -0.25) is 14.3 Å². The third-order valence-electron chi connectivity index (χ3n) is 3.73. The van der Waals surface area contributed by atoms with E-state index < -0.39 is 26.9 Å². The Morgan fingerprint density at radius 3 is 2.59 bits per heavy atom. The van der Waals surface area contributed by atoms with Crippen LogP contribution in [0.5, 0.6) is 11.5 Å². The van der Waals surface area contributed by atoms with E-state index in [1.807, 2.05) is 0 Å². The van der Waals surface area contributed by atoms with Gasteiger partial charge in [0.05, 0.1) is 25.0 Å². The minimum absolute atomic E-state index is 0.166. The number of carbonyl (C=O) groups is 1. The van der Waals surface area contributed by atoms with Crippen molar-refractivity contribution in [1.82, 2.24) is 10.1 Å². The largest absolute Gasteiger partial charge is 0.506 e. The number of pyridine rings is 1. The van der Waals surface area contributed by atoms with Crippen LogP contribution in [0, 0.1) is 6.92 Å². The third-order valence-corrected chi connectivity index (χ3v) is 5.20. The predicted molar refractivity (Wildman–Crippen MR) is 105 cm³/mol. The number of aryl methyl sites for hydroxylation is 1. The summed E-state index contributed by atoms with van der Waals surface area (Å²) in [5, 5.41) is 22.1. The van der Waals surface area contributed by atoms with E-state index in [1.165, 1.54) is 6.20 Å². The Hall–Kier alpha value is -2.45. The Morgan fingerprint density at radius 1 is 1.28 bits per heavy atom. The van der Waals surface area contributed by atoms with Crippen LogP contribution in [0.15, 0.2) is 36.5 Å². The smallest absolute Gasteiger partial charge is 0.459 e. The summed E-state index contributed by atoms with van der Waals surface area (Å²) in [7, 11) is -4.00. The van der Waals surface area contributed by atoms with Gasteiger partial charge >= 0.3 is 13.7 Å². The first-order valence-corrected chi connectivity index (χ1v) is 10.5. The van der Waals surface area contributed by atoms with Crippen LogP contribution < -0.4 is 9.61 Å². The van der Waals surface area contributed by atoms with Gasteiger partial charge < -0.3 is 19.5 Å². The second-order valence-electron chi connectivity index (χ2n) is 6.40. The van der Waals surface area contributed by atoms with Gasteiger partial charge in [0, 0.05) is 17.3 Å². The molecule has 1 heterocycles. The molecule has 0 amide bonds. The molecule has 10 heteroatoms. The van der Waals surface area contributed by atoms with E-state index >= 15 is 0 Å². The molecule has 29 heavy (non-hydrogen) atoms.